The summed E-state index contributed by atoms with van der Waals surface area (Å²) in [5, 5.41) is 3.97. The summed E-state index contributed by atoms with van der Waals surface area (Å²) in [5.41, 5.74) is -0.219. The molecular formula is C15H28N4O3S. The molecule has 1 aromatic rings. The Hall–Kier alpha value is -0.990. The summed E-state index contributed by atoms with van der Waals surface area (Å²) in [6.07, 6.45) is 3.69. The van der Waals surface area contributed by atoms with Crippen molar-refractivity contribution in [1.29, 1.82) is 0 Å². The Morgan fingerprint density at radius 1 is 1.22 bits per heavy atom. The minimum atomic E-state index is -3.47. The minimum absolute atomic E-state index is 0.135. The van der Waals surface area contributed by atoms with Crippen molar-refractivity contribution >= 4 is 10.2 Å². The Labute approximate surface area is 139 Å². The summed E-state index contributed by atoms with van der Waals surface area (Å²) in [6.45, 7) is 9.73. The maximum Gasteiger partial charge on any atom is 0.282 e. The second kappa shape index (κ2) is 7.27. The maximum absolute atomic E-state index is 12.8. The molecule has 0 spiro atoms. The molecule has 1 aromatic heterocycles. The van der Waals surface area contributed by atoms with Gasteiger partial charge in [0.15, 0.2) is 5.82 Å². The maximum atomic E-state index is 12.8. The van der Waals surface area contributed by atoms with Gasteiger partial charge in [0.1, 0.15) is 0 Å². The first-order valence-corrected chi connectivity index (χ1v) is 9.73. The molecule has 23 heavy (non-hydrogen) atoms. The predicted molar refractivity (Wildman–Crippen MR) is 88.0 cm³/mol. The van der Waals surface area contributed by atoms with Crippen LogP contribution >= 0.6 is 0 Å². The van der Waals surface area contributed by atoms with Gasteiger partial charge in [0.05, 0.1) is 6.54 Å². The first kappa shape index (κ1) is 18.4. The predicted octanol–water partition coefficient (Wildman–Crippen LogP) is 2.31. The van der Waals surface area contributed by atoms with E-state index in [0.29, 0.717) is 31.3 Å². The van der Waals surface area contributed by atoms with E-state index in [1.807, 2.05) is 27.7 Å². The molecule has 1 saturated heterocycles. The van der Waals surface area contributed by atoms with E-state index < -0.39 is 10.2 Å². The fraction of sp³-hybridized carbons (Fsp3) is 0.867. The third-order valence-corrected chi connectivity index (χ3v) is 5.87. The zero-order valence-electron chi connectivity index (χ0n) is 14.6. The van der Waals surface area contributed by atoms with Crippen LogP contribution in [0.2, 0.25) is 0 Å². The van der Waals surface area contributed by atoms with Crippen molar-refractivity contribution in [2.75, 3.05) is 19.6 Å². The second-order valence-corrected chi connectivity index (χ2v) is 8.99. The molecule has 1 fully saturated rings. The number of hydrogen-bond donors (Lipinski definition) is 0. The van der Waals surface area contributed by atoms with Crippen LogP contribution in [0.3, 0.4) is 0 Å². The van der Waals surface area contributed by atoms with Gasteiger partial charge in [-0.15, -0.1) is 0 Å². The Balaban J connectivity index is 2.16. The summed E-state index contributed by atoms with van der Waals surface area (Å²) in [5.74, 6) is 0.947. The van der Waals surface area contributed by atoms with Crippen LogP contribution in [0.4, 0.5) is 0 Å². The van der Waals surface area contributed by atoms with Gasteiger partial charge in [-0.3, -0.25) is 0 Å². The van der Waals surface area contributed by atoms with E-state index in [9.17, 15) is 8.42 Å². The molecule has 0 amide bonds. The fourth-order valence-corrected chi connectivity index (χ4v) is 4.29. The van der Waals surface area contributed by atoms with Gasteiger partial charge in [-0.25, -0.2) is 0 Å². The summed E-state index contributed by atoms with van der Waals surface area (Å²) < 4.78 is 34.0. The molecule has 0 saturated carbocycles. The Morgan fingerprint density at radius 3 is 2.39 bits per heavy atom. The highest BCUT2D eigenvalue weighted by Gasteiger charge is 2.32. The molecule has 2 rings (SSSR count). The first-order chi connectivity index (χ1) is 10.7. The lowest BCUT2D eigenvalue weighted by Crippen LogP contribution is -2.46. The van der Waals surface area contributed by atoms with E-state index >= 15 is 0 Å². The lowest BCUT2D eigenvalue weighted by atomic mass is 9.96. The average Bonchev–Trinajstić information content (AvgIpc) is 2.96. The van der Waals surface area contributed by atoms with Crippen LogP contribution in [0.5, 0.6) is 0 Å². The first-order valence-electron chi connectivity index (χ1n) is 8.33. The molecule has 0 N–H and O–H groups in total. The highest BCUT2D eigenvalue weighted by Crippen LogP contribution is 2.21. The monoisotopic (exact) mass is 344 g/mol. The normalized spacial score (nSPS) is 17.8. The Morgan fingerprint density at radius 2 is 1.87 bits per heavy atom. The fourth-order valence-electron chi connectivity index (χ4n) is 2.56. The zero-order chi connectivity index (χ0) is 17.1. The smallest absolute Gasteiger partial charge is 0.282 e. The minimum Gasteiger partial charge on any atom is -0.338 e. The summed E-state index contributed by atoms with van der Waals surface area (Å²) in [4.78, 5) is 4.36. The second-order valence-electron chi connectivity index (χ2n) is 7.06. The van der Waals surface area contributed by atoms with Crippen LogP contribution in [0.1, 0.15) is 65.1 Å². The van der Waals surface area contributed by atoms with Gasteiger partial charge in [0, 0.05) is 25.0 Å². The highest BCUT2D eigenvalue weighted by molar-refractivity contribution is 7.86. The van der Waals surface area contributed by atoms with Gasteiger partial charge in [0.25, 0.3) is 10.2 Å². The van der Waals surface area contributed by atoms with E-state index in [0.717, 1.165) is 25.7 Å². The molecule has 0 aliphatic carbocycles. The largest absolute Gasteiger partial charge is 0.338 e. The Kier molecular flexibility index (Phi) is 5.80. The number of aromatic nitrogens is 2. The molecule has 7 nitrogen and oxygen atoms in total. The van der Waals surface area contributed by atoms with Crippen LogP contribution in [0.25, 0.3) is 0 Å². The van der Waals surface area contributed by atoms with Crippen molar-refractivity contribution in [2.45, 2.75) is 65.3 Å². The van der Waals surface area contributed by atoms with Gasteiger partial charge in [-0.2, -0.15) is 22.0 Å². The van der Waals surface area contributed by atoms with Crippen LogP contribution in [-0.2, 0) is 22.2 Å². The van der Waals surface area contributed by atoms with Gasteiger partial charge < -0.3 is 4.52 Å². The standard InChI is InChI=1S/C15H28N4O3S/c1-5-9-19(23(20,21)18-10-7-6-8-11-18)12-13-16-14(17-22-13)15(2,3)4/h5-12H2,1-4H3. The number of rotatable bonds is 6. The molecule has 0 bridgehead atoms. The Bertz CT molecular complexity index is 600. The molecule has 0 aromatic carbocycles. The molecule has 8 heteroatoms. The third kappa shape index (κ3) is 4.51. The van der Waals surface area contributed by atoms with Gasteiger partial charge >= 0.3 is 0 Å². The van der Waals surface area contributed by atoms with Crippen molar-refractivity contribution in [3.63, 3.8) is 0 Å². The lowest BCUT2D eigenvalue weighted by Gasteiger charge is -2.31. The number of hydrogen-bond acceptors (Lipinski definition) is 5. The molecule has 1 aliphatic rings. The van der Waals surface area contributed by atoms with Gasteiger partial charge in [0.2, 0.25) is 5.89 Å². The van der Waals surface area contributed by atoms with Crippen LogP contribution in [0, 0.1) is 0 Å². The van der Waals surface area contributed by atoms with Crippen LogP contribution in [-0.4, -0.2) is 46.8 Å². The molecule has 0 radical (unpaired) electrons. The molecule has 2 heterocycles. The molecule has 0 unspecified atom stereocenters. The van der Waals surface area contributed by atoms with Crippen molar-refractivity contribution in [1.82, 2.24) is 18.8 Å². The number of piperidine rings is 1. The summed E-state index contributed by atoms with van der Waals surface area (Å²) in [7, 11) is -3.47. The van der Waals surface area contributed by atoms with E-state index in [2.05, 4.69) is 10.1 Å². The van der Waals surface area contributed by atoms with Crippen LogP contribution in [0.15, 0.2) is 4.52 Å². The quantitative estimate of drug-likeness (QED) is 0.791. The molecule has 0 atom stereocenters. The topological polar surface area (TPSA) is 79.5 Å². The molecule has 1 aliphatic heterocycles. The average molecular weight is 344 g/mol. The zero-order valence-corrected chi connectivity index (χ0v) is 15.4. The van der Waals surface area contributed by atoms with E-state index in [4.69, 9.17) is 4.52 Å². The van der Waals surface area contributed by atoms with Crippen molar-refractivity contribution in [3.05, 3.63) is 11.7 Å². The number of nitrogens with zero attached hydrogens (tertiary/aromatic N) is 4. The van der Waals surface area contributed by atoms with Crippen molar-refractivity contribution < 1.29 is 12.9 Å². The van der Waals surface area contributed by atoms with E-state index in [-0.39, 0.29) is 12.0 Å². The highest BCUT2D eigenvalue weighted by atomic mass is 32.2. The molecule has 132 valence electrons. The van der Waals surface area contributed by atoms with E-state index in [1.165, 1.54) is 4.31 Å². The SMILES string of the molecule is CCCN(Cc1nc(C(C)(C)C)no1)S(=O)(=O)N1CCCCC1. The van der Waals surface area contributed by atoms with Crippen molar-refractivity contribution in [3.8, 4) is 0 Å². The van der Waals surface area contributed by atoms with E-state index in [1.54, 1.807) is 4.31 Å². The summed E-state index contributed by atoms with van der Waals surface area (Å²) in [6, 6.07) is 0. The van der Waals surface area contributed by atoms with Gasteiger partial charge in [-0.1, -0.05) is 39.3 Å². The third-order valence-electron chi connectivity index (χ3n) is 3.89. The lowest BCUT2D eigenvalue weighted by molar-refractivity contribution is 0.274. The molecular weight excluding hydrogens is 316 g/mol. The van der Waals surface area contributed by atoms with Gasteiger partial charge in [-0.05, 0) is 19.3 Å². The van der Waals surface area contributed by atoms with Crippen LogP contribution < -0.4 is 0 Å². The summed E-state index contributed by atoms with van der Waals surface area (Å²) >= 11 is 0. The van der Waals surface area contributed by atoms with Crippen molar-refractivity contribution in [2.24, 2.45) is 0 Å².